The Hall–Kier alpha value is -2.42. The normalized spacial score (nSPS) is 12.6. The topological polar surface area (TPSA) is 71.3 Å². The smallest absolute Gasteiger partial charge is 0.261 e. The van der Waals surface area contributed by atoms with Gasteiger partial charge >= 0.3 is 0 Å². The molecule has 2 aromatic rings. The highest BCUT2D eigenvalue weighted by molar-refractivity contribution is 6.35. The van der Waals surface area contributed by atoms with Crippen LogP contribution in [0.5, 0.6) is 11.5 Å². The fraction of sp³-hybridized carbons (Fsp3) is 0.263. The van der Waals surface area contributed by atoms with Crippen LogP contribution in [0.15, 0.2) is 36.4 Å². The minimum atomic E-state index is -0.773. The lowest BCUT2D eigenvalue weighted by atomic mass is 10.1. The van der Waals surface area contributed by atoms with Crippen LogP contribution in [0, 0.1) is 11.3 Å². The van der Waals surface area contributed by atoms with Crippen LogP contribution in [0.2, 0.25) is 10.0 Å². The van der Waals surface area contributed by atoms with Gasteiger partial charge in [-0.2, -0.15) is 5.26 Å². The molecule has 0 aliphatic rings. The Labute approximate surface area is 162 Å². The van der Waals surface area contributed by atoms with Crippen LogP contribution < -0.4 is 14.8 Å². The van der Waals surface area contributed by atoms with E-state index >= 15 is 0 Å². The Balaban J connectivity index is 2.07. The monoisotopic (exact) mass is 392 g/mol. The number of carbonyl (C=O) groups excluding carboxylic acids is 1. The molecule has 26 heavy (non-hydrogen) atoms. The number of carbonyl (C=O) groups is 1. The lowest BCUT2D eigenvalue weighted by Crippen LogP contribution is -2.37. The average molecular weight is 393 g/mol. The molecule has 5 nitrogen and oxygen atoms in total. The van der Waals surface area contributed by atoms with E-state index in [0.29, 0.717) is 27.1 Å². The quantitative estimate of drug-likeness (QED) is 0.784. The summed E-state index contributed by atoms with van der Waals surface area (Å²) in [5.74, 6) is 0.457. The van der Waals surface area contributed by atoms with Gasteiger partial charge in [-0.1, -0.05) is 29.3 Å². The summed E-state index contributed by atoms with van der Waals surface area (Å²) >= 11 is 12.1. The van der Waals surface area contributed by atoms with Crippen LogP contribution in [0.4, 0.5) is 0 Å². The van der Waals surface area contributed by atoms with Gasteiger partial charge in [0, 0.05) is 16.1 Å². The number of halogens is 2. The molecule has 0 aliphatic carbocycles. The molecule has 7 heteroatoms. The standard InChI is InChI=1S/C19H18Cl2N2O3/c1-11(15-6-5-14(20)9-16(15)21)23-19(24)12(2)26-17-7-4-13(10-22)8-18(17)25-3/h4-9,11-12H,1-3H3,(H,23,24)/t11-,12+/m1/s1. The third-order valence-corrected chi connectivity index (χ3v) is 4.32. The Bertz CT molecular complexity index is 849. The number of rotatable bonds is 6. The fourth-order valence-corrected chi connectivity index (χ4v) is 2.91. The number of ether oxygens (including phenoxy) is 2. The minimum absolute atomic E-state index is 0.310. The van der Waals surface area contributed by atoms with E-state index in [0.717, 1.165) is 5.56 Å². The molecule has 0 bridgehead atoms. The Morgan fingerprint density at radius 1 is 1.15 bits per heavy atom. The number of benzene rings is 2. The van der Waals surface area contributed by atoms with Crippen molar-refractivity contribution in [3.63, 3.8) is 0 Å². The second-order valence-electron chi connectivity index (χ2n) is 5.63. The minimum Gasteiger partial charge on any atom is -0.493 e. The Kier molecular flexibility index (Phi) is 6.73. The molecule has 0 unspecified atom stereocenters. The lowest BCUT2D eigenvalue weighted by Gasteiger charge is -2.20. The number of amides is 1. The van der Waals surface area contributed by atoms with Crippen molar-refractivity contribution in [2.24, 2.45) is 0 Å². The molecular formula is C19H18Cl2N2O3. The first-order valence-corrected chi connectivity index (χ1v) is 8.61. The van der Waals surface area contributed by atoms with Crippen molar-refractivity contribution in [2.75, 3.05) is 7.11 Å². The summed E-state index contributed by atoms with van der Waals surface area (Å²) < 4.78 is 10.9. The van der Waals surface area contributed by atoms with Crippen LogP contribution in [-0.4, -0.2) is 19.1 Å². The van der Waals surface area contributed by atoms with Crippen molar-refractivity contribution >= 4 is 29.1 Å². The molecule has 0 aromatic heterocycles. The summed E-state index contributed by atoms with van der Waals surface area (Å²) in [5.41, 5.74) is 1.20. The average Bonchev–Trinajstić information content (AvgIpc) is 2.61. The van der Waals surface area contributed by atoms with Crippen LogP contribution >= 0.6 is 23.2 Å². The number of nitrogens with one attached hydrogen (secondary N) is 1. The van der Waals surface area contributed by atoms with E-state index in [2.05, 4.69) is 5.32 Å². The van der Waals surface area contributed by atoms with Gasteiger partial charge in [-0.05, 0) is 43.7 Å². The fourth-order valence-electron chi connectivity index (χ4n) is 2.34. The maximum absolute atomic E-state index is 12.4. The predicted octanol–water partition coefficient (Wildman–Crippen LogP) is 4.52. The van der Waals surface area contributed by atoms with E-state index in [9.17, 15) is 4.79 Å². The van der Waals surface area contributed by atoms with Crippen molar-refractivity contribution in [1.29, 1.82) is 5.26 Å². The summed E-state index contributed by atoms with van der Waals surface area (Å²) in [6.07, 6.45) is -0.773. The van der Waals surface area contributed by atoms with E-state index in [4.69, 9.17) is 37.9 Å². The Morgan fingerprint density at radius 3 is 2.50 bits per heavy atom. The Morgan fingerprint density at radius 2 is 1.88 bits per heavy atom. The van der Waals surface area contributed by atoms with E-state index in [1.54, 1.807) is 43.3 Å². The number of hydrogen-bond donors (Lipinski definition) is 1. The summed E-state index contributed by atoms with van der Waals surface area (Å²) in [6.45, 7) is 3.45. The highest BCUT2D eigenvalue weighted by atomic mass is 35.5. The lowest BCUT2D eigenvalue weighted by molar-refractivity contribution is -0.127. The largest absolute Gasteiger partial charge is 0.493 e. The molecule has 2 rings (SSSR count). The molecule has 1 N–H and O–H groups in total. The van der Waals surface area contributed by atoms with Crippen molar-refractivity contribution in [3.05, 3.63) is 57.6 Å². The molecular weight excluding hydrogens is 375 g/mol. The van der Waals surface area contributed by atoms with Crippen LogP contribution in [0.3, 0.4) is 0 Å². The number of hydrogen-bond acceptors (Lipinski definition) is 4. The number of nitrogens with zero attached hydrogens (tertiary/aromatic N) is 1. The van der Waals surface area contributed by atoms with E-state index < -0.39 is 6.10 Å². The van der Waals surface area contributed by atoms with E-state index in [1.807, 2.05) is 13.0 Å². The zero-order chi connectivity index (χ0) is 19.3. The molecule has 2 atom stereocenters. The number of methoxy groups -OCH3 is 1. The van der Waals surface area contributed by atoms with Gasteiger partial charge in [-0.3, -0.25) is 4.79 Å². The van der Waals surface area contributed by atoms with Crippen molar-refractivity contribution in [2.45, 2.75) is 26.0 Å². The first kappa shape index (κ1) is 19.9. The van der Waals surface area contributed by atoms with Gasteiger partial charge in [-0.15, -0.1) is 0 Å². The molecule has 0 aliphatic heterocycles. The van der Waals surface area contributed by atoms with Crippen LogP contribution in [0.1, 0.15) is 31.0 Å². The van der Waals surface area contributed by atoms with Crippen molar-refractivity contribution in [1.82, 2.24) is 5.32 Å². The highest BCUT2D eigenvalue weighted by Crippen LogP contribution is 2.29. The third-order valence-electron chi connectivity index (χ3n) is 3.75. The molecule has 0 saturated heterocycles. The second-order valence-corrected chi connectivity index (χ2v) is 6.48. The van der Waals surface area contributed by atoms with Crippen molar-refractivity contribution in [3.8, 4) is 17.6 Å². The molecule has 0 radical (unpaired) electrons. The summed E-state index contributed by atoms with van der Waals surface area (Å²) in [6, 6.07) is 11.6. The maximum atomic E-state index is 12.4. The van der Waals surface area contributed by atoms with E-state index in [-0.39, 0.29) is 11.9 Å². The SMILES string of the molecule is COc1cc(C#N)ccc1O[C@@H](C)C(=O)N[C@H](C)c1ccc(Cl)cc1Cl. The molecule has 0 fully saturated rings. The van der Waals surface area contributed by atoms with Gasteiger partial charge in [0.25, 0.3) is 5.91 Å². The molecule has 136 valence electrons. The van der Waals surface area contributed by atoms with Gasteiger partial charge in [0.1, 0.15) is 0 Å². The molecule has 1 amide bonds. The second kappa shape index (κ2) is 8.79. The van der Waals surface area contributed by atoms with Gasteiger partial charge in [0.15, 0.2) is 17.6 Å². The zero-order valence-electron chi connectivity index (χ0n) is 14.5. The summed E-state index contributed by atoms with van der Waals surface area (Å²) in [4.78, 5) is 12.4. The zero-order valence-corrected chi connectivity index (χ0v) is 16.1. The first-order valence-electron chi connectivity index (χ1n) is 7.85. The summed E-state index contributed by atoms with van der Waals surface area (Å²) in [5, 5.41) is 12.8. The van der Waals surface area contributed by atoms with Crippen LogP contribution in [-0.2, 0) is 4.79 Å². The highest BCUT2D eigenvalue weighted by Gasteiger charge is 2.20. The molecule has 0 heterocycles. The van der Waals surface area contributed by atoms with Crippen molar-refractivity contribution < 1.29 is 14.3 Å². The predicted molar refractivity (Wildman–Crippen MR) is 101 cm³/mol. The summed E-state index contributed by atoms with van der Waals surface area (Å²) in [7, 11) is 1.47. The number of nitriles is 1. The van der Waals surface area contributed by atoms with E-state index in [1.165, 1.54) is 7.11 Å². The third kappa shape index (κ3) is 4.81. The van der Waals surface area contributed by atoms with Gasteiger partial charge in [0.2, 0.25) is 0 Å². The first-order chi connectivity index (χ1) is 12.3. The van der Waals surface area contributed by atoms with Gasteiger partial charge < -0.3 is 14.8 Å². The van der Waals surface area contributed by atoms with Gasteiger partial charge in [-0.25, -0.2) is 0 Å². The van der Waals surface area contributed by atoms with Crippen LogP contribution in [0.25, 0.3) is 0 Å². The molecule has 0 saturated carbocycles. The van der Waals surface area contributed by atoms with Gasteiger partial charge in [0.05, 0.1) is 24.8 Å². The molecule has 0 spiro atoms. The maximum Gasteiger partial charge on any atom is 0.261 e. The molecule has 2 aromatic carbocycles.